The molecule has 0 amide bonds. The molecule has 0 aliphatic rings. The Bertz CT molecular complexity index is 67.6. The second-order valence-electron chi connectivity index (χ2n) is 2.40. The summed E-state index contributed by atoms with van der Waals surface area (Å²) >= 11 is 11.0. The van der Waals surface area contributed by atoms with Crippen LogP contribution in [0.3, 0.4) is 0 Å². The Morgan fingerprint density at radius 3 is 1.73 bits per heavy atom. The second kappa shape index (κ2) is 11.0. The molecule has 0 spiro atoms. The summed E-state index contributed by atoms with van der Waals surface area (Å²) in [4.78, 5) is 0. The van der Waals surface area contributed by atoms with Crippen LogP contribution in [0.1, 0.15) is 12.8 Å². The van der Waals surface area contributed by atoms with Gasteiger partial charge in [0.1, 0.15) is 19.5 Å². The van der Waals surface area contributed by atoms with Crippen LogP contribution in [0.25, 0.3) is 0 Å². The van der Waals surface area contributed by atoms with Gasteiger partial charge in [0, 0.05) is 11.8 Å². The molecule has 68 valence electrons. The highest BCUT2D eigenvalue weighted by Gasteiger charge is 1.90. The Hall–Kier alpha value is 0.974. The van der Waals surface area contributed by atoms with Crippen LogP contribution >= 0.6 is 23.2 Å². The largest absolute Gasteiger partial charge is 0.465 e. The van der Waals surface area contributed by atoms with Gasteiger partial charge in [0.15, 0.2) is 0 Å². The van der Waals surface area contributed by atoms with Crippen LogP contribution in [-0.4, -0.2) is 31.3 Å². The van der Waals surface area contributed by atoms with Crippen LogP contribution in [0.2, 0.25) is 12.1 Å². The molecule has 0 radical (unpaired) electrons. The van der Waals surface area contributed by atoms with E-state index in [1.165, 1.54) is 12.1 Å². The Labute approximate surface area is 83.7 Å². The summed E-state index contributed by atoms with van der Waals surface area (Å²) in [6, 6.07) is 2.49. The average molecular weight is 231 g/mol. The molecule has 0 saturated carbocycles. The molecule has 5 heteroatoms. The molecule has 11 heavy (non-hydrogen) atoms. The summed E-state index contributed by atoms with van der Waals surface area (Å²) in [5, 5.41) is 0. The third kappa shape index (κ3) is 11.0. The SMILES string of the molecule is ClCCC[SiH2]O[SiH2]CCCCl. The van der Waals surface area contributed by atoms with Crippen LogP contribution < -0.4 is 0 Å². The summed E-state index contributed by atoms with van der Waals surface area (Å²) < 4.78 is 5.60. The normalized spacial score (nSPS) is 12.5. The third-order valence-corrected chi connectivity index (χ3v) is 5.77. The van der Waals surface area contributed by atoms with Crippen LogP contribution in [0.15, 0.2) is 0 Å². The maximum atomic E-state index is 5.60. The fourth-order valence-corrected chi connectivity index (χ4v) is 5.07. The molecule has 0 aliphatic heterocycles. The van der Waals surface area contributed by atoms with E-state index in [2.05, 4.69) is 0 Å². The Balaban J connectivity index is 2.69. The highest BCUT2D eigenvalue weighted by atomic mass is 35.5. The molecule has 1 nitrogen and oxygen atoms in total. The number of halogens is 2. The topological polar surface area (TPSA) is 9.23 Å². The first-order chi connectivity index (χ1) is 5.41. The fraction of sp³-hybridized carbons (Fsp3) is 1.00. The lowest BCUT2D eigenvalue weighted by Crippen LogP contribution is -2.03. The van der Waals surface area contributed by atoms with Crippen LogP contribution in [0.4, 0.5) is 0 Å². The lowest BCUT2D eigenvalue weighted by Gasteiger charge is -2.00. The van der Waals surface area contributed by atoms with E-state index in [1.807, 2.05) is 0 Å². The molecule has 0 bridgehead atoms. The van der Waals surface area contributed by atoms with Crippen LogP contribution in [-0.2, 0) is 4.12 Å². The summed E-state index contributed by atoms with van der Waals surface area (Å²) in [6.07, 6.45) is 2.27. The first-order valence-electron chi connectivity index (χ1n) is 4.11. The summed E-state index contributed by atoms with van der Waals surface area (Å²) in [5.41, 5.74) is 0. The maximum absolute atomic E-state index is 5.60. The van der Waals surface area contributed by atoms with Gasteiger partial charge >= 0.3 is 0 Å². The summed E-state index contributed by atoms with van der Waals surface area (Å²) in [5.74, 6) is 1.58. The van der Waals surface area contributed by atoms with Crippen molar-refractivity contribution in [1.29, 1.82) is 0 Å². The molecule has 0 N–H and O–H groups in total. The molecule has 0 aliphatic carbocycles. The van der Waals surface area contributed by atoms with E-state index in [1.54, 1.807) is 0 Å². The minimum absolute atomic E-state index is 0.193. The van der Waals surface area contributed by atoms with Gasteiger partial charge in [-0.15, -0.1) is 23.2 Å². The third-order valence-electron chi connectivity index (χ3n) is 1.34. The number of rotatable bonds is 8. The minimum Gasteiger partial charge on any atom is -0.465 e. The molecule has 0 aromatic rings. The average Bonchev–Trinajstić information content (AvgIpc) is 2.03. The Kier molecular flexibility index (Phi) is 11.9. The van der Waals surface area contributed by atoms with Gasteiger partial charge in [-0.05, 0) is 24.9 Å². The van der Waals surface area contributed by atoms with Crippen molar-refractivity contribution in [2.24, 2.45) is 0 Å². The van der Waals surface area contributed by atoms with E-state index in [0.717, 1.165) is 24.6 Å². The first kappa shape index (κ1) is 12.0. The van der Waals surface area contributed by atoms with Gasteiger partial charge in [0.2, 0.25) is 0 Å². The molecule has 0 rings (SSSR count). The van der Waals surface area contributed by atoms with E-state index < -0.39 is 0 Å². The highest BCUT2D eigenvalue weighted by Crippen LogP contribution is 1.94. The van der Waals surface area contributed by atoms with E-state index in [9.17, 15) is 0 Å². The molecular weight excluding hydrogens is 215 g/mol. The van der Waals surface area contributed by atoms with Gasteiger partial charge in [-0.1, -0.05) is 0 Å². The molecule has 0 aromatic heterocycles. The smallest absolute Gasteiger partial charge is 0.146 e. The molecule has 0 atom stereocenters. The molecule has 0 heterocycles. The number of alkyl halides is 2. The van der Waals surface area contributed by atoms with Gasteiger partial charge in [0.05, 0.1) is 0 Å². The number of hydrogen-bond acceptors (Lipinski definition) is 1. The lowest BCUT2D eigenvalue weighted by molar-refractivity contribution is 0.628. The van der Waals surface area contributed by atoms with Gasteiger partial charge in [-0.2, -0.15) is 0 Å². The van der Waals surface area contributed by atoms with Crippen molar-refractivity contribution in [2.45, 2.75) is 24.9 Å². The highest BCUT2D eigenvalue weighted by molar-refractivity contribution is 6.42. The van der Waals surface area contributed by atoms with Gasteiger partial charge in [-0.3, -0.25) is 0 Å². The maximum Gasteiger partial charge on any atom is 0.146 e. The van der Waals surface area contributed by atoms with Crippen molar-refractivity contribution in [3.63, 3.8) is 0 Å². The zero-order valence-electron chi connectivity index (χ0n) is 6.82. The summed E-state index contributed by atoms with van der Waals surface area (Å²) in [7, 11) is -0.387. The van der Waals surface area contributed by atoms with Gasteiger partial charge in [0.25, 0.3) is 0 Å². The minimum atomic E-state index is -0.193. The van der Waals surface area contributed by atoms with Crippen molar-refractivity contribution in [1.82, 2.24) is 0 Å². The first-order valence-corrected chi connectivity index (χ1v) is 8.34. The predicted molar refractivity (Wildman–Crippen MR) is 58.5 cm³/mol. The van der Waals surface area contributed by atoms with E-state index in [4.69, 9.17) is 27.3 Å². The van der Waals surface area contributed by atoms with Gasteiger partial charge < -0.3 is 4.12 Å². The van der Waals surface area contributed by atoms with E-state index in [0.29, 0.717) is 0 Å². The van der Waals surface area contributed by atoms with Crippen molar-refractivity contribution in [2.75, 3.05) is 11.8 Å². The Morgan fingerprint density at radius 1 is 0.909 bits per heavy atom. The zero-order chi connectivity index (χ0) is 8.36. The van der Waals surface area contributed by atoms with Crippen LogP contribution in [0, 0.1) is 0 Å². The quantitative estimate of drug-likeness (QED) is 0.347. The Morgan fingerprint density at radius 2 is 1.36 bits per heavy atom. The monoisotopic (exact) mass is 230 g/mol. The van der Waals surface area contributed by atoms with Crippen molar-refractivity contribution in [3.05, 3.63) is 0 Å². The second-order valence-corrected chi connectivity index (χ2v) is 7.02. The zero-order valence-corrected chi connectivity index (χ0v) is 11.2. The van der Waals surface area contributed by atoms with Crippen molar-refractivity contribution < 1.29 is 4.12 Å². The molecular formula is C6H16Cl2OSi2. The van der Waals surface area contributed by atoms with Crippen molar-refractivity contribution in [3.8, 4) is 0 Å². The molecule has 0 saturated heterocycles. The van der Waals surface area contributed by atoms with Crippen LogP contribution in [0.5, 0.6) is 0 Å². The molecule has 0 aromatic carbocycles. The van der Waals surface area contributed by atoms with Gasteiger partial charge in [-0.25, -0.2) is 0 Å². The van der Waals surface area contributed by atoms with E-state index >= 15 is 0 Å². The fourth-order valence-electron chi connectivity index (χ4n) is 0.699. The summed E-state index contributed by atoms with van der Waals surface area (Å²) in [6.45, 7) is 0. The lowest BCUT2D eigenvalue weighted by atomic mass is 10.6. The van der Waals surface area contributed by atoms with Crippen molar-refractivity contribution >= 4 is 42.7 Å². The molecule has 0 unspecified atom stereocenters. The standard InChI is InChI=1S/C6H16Cl2OSi2/c7-3-1-5-10-9-11-6-2-4-8/h1-6,10-11H2. The number of hydrogen-bond donors (Lipinski definition) is 0. The molecule has 0 fully saturated rings. The predicted octanol–water partition coefficient (Wildman–Crippen LogP) is 1.26. The van der Waals surface area contributed by atoms with E-state index in [-0.39, 0.29) is 19.5 Å².